The first-order chi connectivity index (χ1) is 10.1. The van der Waals surface area contributed by atoms with Gasteiger partial charge in [-0.25, -0.2) is 0 Å². The summed E-state index contributed by atoms with van der Waals surface area (Å²) in [5.41, 5.74) is 1.43. The summed E-state index contributed by atoms with van der Waals surface area (Å²) < 4.78 is 5.51. The Hall–Kier alpha value is -0.910. The molecular formula is C16H24N2O2S. The molecule has 4 nitrogen and oxygen atoms in total. The van der Waals surface area contributed by atoms with Gasteiger partial charge in [0, 0.05) is 25.7 Å². The Kier molecular flexibility index (Phi) is 4.62. The van der Waals surface area contributed by atoms with Gasteiger partial charge in [0.25, 0.3) is 0 Å². The fraction of sp³-hybridized carbons (Fsp3) is 0.688. The molecule has 0 aromatic carbocycles. The number of hydrogen-bond acceptors (Lipinski definition) is 4. The standard InChI is InChI=1S/C16H24N2O2S/c1-12-7-15(14-3-6-21-11-14)9-18(12)10-16(19)17-4-5-20-13(2)8-17/h3,6,11-13,15H,4-5,7-10H2,1-2H3/t12-,13-,15+/m1/s1. The van der Waals surface area contributed by atoms with Gasteiger partial charge in [-0.15, -0.1) is 0 Å². The van der Waals surface area contributed by atoms with E-state index in [9.17, 15) is 4.79 Å². The van der Waals surface area contributed by atoms with Crippen molar-refractivity contribution in [3.8, 4) is 0 Å². The molecular weight excluding hydrogens is 284 g/mol. The van der Waals surface area contributed by atoms with E-state index in [1.165, 1.54) is 5.56 Å². The summed E-state index contributed by atoms with van der Waals surface area (Å²) in [6.07, 6.45) is 1.32. The van der Waals surface area contributed by atoms with Crippen molar-refractivity contribution in [1.29, 1.82) is 0 Å². The Balaban J connectivity index is 1.56. The van der Waals surface area contributed by atoms with Crippen molar-refractivity contribution in [3.05, 3.63) is 22.4 Å². The number of amides is 1. The van der Waals surface area contributed by atoms with Crippen molar-refractivity contribution in [2.75, 3.05) is 32.8 Å². The van der Waals surface area contributed by atoms with Crippen molar-refractivity contribution < 1.29 is 9.53 Å². The number of likely N-dealkylation sites (tertiary alicyclic amines) is 1. The average Bonchev–Trinajstić information content (AvgIpc) is 3.09. The zero-order chi connectivity index (χ0) is 14.8. The molecule has 3 rings (SSSR count). The molecule has 3 heterocycles. The van der Waals surface area contributed by atoms with Crippen LogP contribution in [0.25, 0.3) is 0 Å². The number of carbonyl (C=O) groups excluding carboxylic acids is 1. The molecule has 0 spiro atoms. The maximum Gasteiger partial charge on any atom is 0.236 e. The van der Waals surface area contributed by atoms with Crippen LogP contribution in [0.1, 0.15) is 31.7 Å². The second-order valence-electron chi connectivity index (χ2n) is 6.29. The number of rotatable bonds is 3. The molecule has 2 fully saturated rings. The monoisotopic (exact) mass is 308 g/mol. The van der Waals surface area contributed by atoms with E-state index in [-0.39, 0.29) is 12.0 Å². The fourth-order valence-corrected chi connectivity index (χ4v) is 4.13. The maximum absolute atomic E-state index is 12.5. The fourth-order valence-electron chi connectivity index (χ4n) is 3.39. The summed E-state index contributed by atoms with van der Waals surface area (Å²) in [7, 11) is 0. The van der Waals surface area contributed by atoms with E-state index >= 15 is 0 Å². The Labute approximate surface area is 130 Å². The van der Waals surface area contributed by atoms with Crippen LogP contribution in [0, 0.1) is 0 Å². The number of ether oxygens (including phenoxy) is 1. The van der Waals surface area contributed by atoms with Crippen LogP contribution in [-0.2, 0) is 9.53 Å². The van der Waals surface area contributed by atoms with Gasteiger partial charge in [-0.1, -0.05) is 0 Å². The van der Waals surface area contributed by atoms with Crippen LogP contribution in [0.3, 0.4) is 0 Å². The number of morpholine rings is 1. The molecule has 1 aromatic heterocycles. The molecule has 21 heavy (non-hydrogen) atoms. The number of thiophene rings is 1. The predicted octanol–water partition coefficient (Wildman–Crippen LogP) is 2.17. The molecule has 0 aliphatic carbocycles. The zero-order valence-electron chi connectivity index (χ0n) is 12.8. The van der Waals surface area contributed by atoms with Crippen LogP contribution >= 0.6 is 11.3 Å². The lowest BCUT2D eigenvalue weighted by Crippen LogP contribution is -2.48. The summed E-state index contributed by atoms with van der Waals surface area (Å²) in [6, 6.07) is 2.70. The molecule has 0 saturated carbocycles. The number of nitrogens with zero attached hydrogens (tertiary/aromatic N) is 2. The Bertz CT molecular complexity index is 477. The van der Waals surface area contributed by atoms with Crippen LogP contribution < -0.4 is 0 Å². The Morgan fingerprint density at radius 3 is 3.00 bits per heavy atom. The smallest absolute Gasteiger partial charge is 0.236 e. The van der Waals surface area contributed by atoms with Crippen LogP contribution in [0.15, 0.2) is 16.8 Å². The summed E-state index contributed by atoms with van der Waals surface area (Å²) in [5, 5.41) is 4.38. The highest BCUT2D eigenvalue weighted by Gasteiger charge is 2.32. The first-order valence-corrected chi connectivity index (χ1v) is 8.73. The molecule has 1 amide bonds. The van der Waals surface area contributed by atoms with Crippen LogP contribution in [0.4, 0.5) is 0 Å². The lowest BCUT2D eigenvalue weighted by molar-refractivity contribution is -0.139. The molecule has 0 radical (unpaired) electrons. The number of carbonyl (C=O) groups is 1. The van der Waals surface area contributed by atoms with Crippen molar-refractivity contribution in [2.45, 2.75) is 38.3 Å². The summed E-state index contributed by atoms with van der Waals surface area (Å²) in [6.45, 7) is 7.96. The first kappa shape index (κ1) is 15.0. The van der Waals surface area contributed by atoms with Gasteiger partial charge in [0.05, 0.1) is 19.3 Å². The third-order valence-corrected chi connectivity index (χ3v) is 5.35. The molecule has 3 atom stereocenters. The highest BCUT2D eigenvalue weighted by atomic mass is 32.1. The minimum atomic E-state index is 0.164. The quantitative estimate of drug-likeness (QED) is 0.858. The van der Waals surface area contributed by atoms with E-state index in [1.54, 1.807) is 11.3 Å². The molecule has 116 valence electrons. The van der Waals surface area contributed by atoms with Gasteiger partial charge in [0.15, 0.2) is 0 Å². The third kappa shape index (κ3) is 3.47. The Morgan fingerprint density at radius 2 is 2.29 bits per heavy atom. The van der Waals surface area contributed by atoms with E-state index < -0.39 is 0 Å². The molecule has 2 aliphatic rings. The Morgan fingerprint density at radius 1 is 1.43 bits per heavy atom. The van der Waals surface area contributed by atoms with Gasteiger partial charge >= 0.3 is 0 Å². The van der Waals surface area contributed by atoms with Gasteiger partial charge in [0.2, 0.25) is 5.91 Å². The highest BCUT2D eigenvalue weighted by molar-refractivity contribution is 7.07. The van der Waals surface area contributed by atoms with E-state index in [2.05, 4.69) is 28.7 Å². The van der Waals surface area contributed by atoms with Crippen molar-refractivity contribution in [3.63, 3.8) is 0 Å². The van der Waals surface area contributed by atoms with Gasteiger partial charge in [-0.05, 0) is 48.6 Å². The van der Waals surface area contributed by atoms with Gasteiger partial charge in [-0.3, -0.25) is 9.69 Å². The van der Waals surface area contributed by atoms with Crippen LogP contribution in [-0.4, -0.2) is 60.6 Å². The summed E-state index contributed by atoms with van der Waals surface area (Å²) in [5.74, 6) is 0.839. The molecule has 2 aliphatic heterocycles. The summed E-state index contributed by atoms with van der Waals surface area (Å²) >= 11 is 1.76. The predicted molar refractivity (Wildman–Crippen MR) is 84.7 cm³/mol. The van der Waals surface area contributed by atoms with E-state index in [0.717, 1.165) is 26.1 Å². The van der Waals surface area contributed by atoms with E-state index in [0.29, 0.717) is 25.1 Å². The van der Waals surface area contributed by atoms with Gasteiger partial charge in [-0.2, -0.15) is 11.3 Å². The SMILES string of the molecule is C[C@@H]1CN(C(=O)CN2C[C@@H](c3ccsc3)C[C@H]2C)CCO1. The second kappa shape index (κ2) is 6.46. The molecule has 0 N–H and O–H groups in total. The second-order valence-corrected chi connectivity index (χ2v) is 7.07. The van der Waals surface area contributed by atoms with Crippen molar-refractivity contribution in [1.82, 2.24) is 9.80 Å². The largest absolute Gasteiger partial charge is 0.375 e. The normalized spacial score (nSPS) is 30.8. The molecule has 0 bridgehead atoms. The lowest BCUT2D eigenvalue weighted by atomic mass is 10.00. The van der Waals surface area contributed by atoms with Gasteiger partial charge < -0.3 is 9.64 Å². The van der Waals surface area contributed by atoms with Crippen molar-refractivity contribution in [2.24, 2.45) is 0 Å². The molecule has 0 unspecified atom stereocenters. The van der Waals surface area contributed by atoms with Crippen molar-refractivity contribution >= 4 is 17.2 Å². The minimum Gasteiger partial charge on any atom is -0.375 e. The van der Waals surface area contributed by atoms with Crippen LogP contribution in [0.5, 0.6) is 0 Å². The lowest BCUT2D eigenvalue weighted by Gasteiger charge is -2.33. The van der Waals surface area contributed by atoms with E-state index in [1.807, 2.05) is 11.8 Å². The average molecular weight is 308 g/mol. The maximum atomic E-state index is 12.5. The first-order valence-electron chi connectivity index (χ1n) is 7.79. The van der Waals surface area contributed by atoms with E-state index in [4.69, 9.17) is 4.74 Å². The number of hydrogen-bond donors (Lipinski definition) is 0. The topological polar surface area (TPSA) is 32.8 Å². The van der Waals surface area contributed by atoms with Gasteiger partial charge in [0.1, 0.15) is 0 Å². The molecule has 5 heteroatoms. The minimum absolute atomic E-state index is 0.164. The third-order valence-electron chi connectivity index (χ3n) is 4.65. The summed E-state index contributed by atoms with van der Waals surface area (Å²) in [4.78, 5) is 16.8. The molecule has 2 saturated heterocycles. The molecule has 1 aromatic rings. The highest BCUT2D eigenvalue weighted by Crippen LogP contribution is 2.32. The zero-order valence-corrected chi connectivity index (χ0v) is 13.6. The van der Waals surface area contributed by atoms with Crippen LogP contribution in [0.2, 0.25) is 0 Å².